The van der Waals surface area contributed by atoms with E-state index in [2.05, 4.69) is 0 Å². The molecule has 0 amide bonds. The minimum atomic E-state index is -1.41. The van der Waals surface area contributed by atoms with Gasteiger partial charge in [-0.15, -0.1) is 0 Å². The minimum Gasteiger partial charge on any atom is -0.330 e. The van der Waals surface area contributed by atoms with E-state index in [4.69, 9.17) is 41.9 Å². The van der Waals surface area contributed by atoms with E-state index < -0.39 is 6.16 Å². The molecule has 0 aliphatic heterocycles. The summed E-state index contributed by atoms with van der Waals surface area (Å²) in [6.45, 7) is 5.10. The summed E-state index contributed by atoms with van der Waals surface area (Å²) in [6.07, 6.45) is 15.2. The molecule has 0 aliphatic carbocycles. The number of hydrogen-bond acceptors (Lipinski definition) is 8. The van der Waals surface area contributed by atoms with Gasteiger partial charge in [0.15, 0.2) is 0 Å². The van der Waals surface area contributed by atoms with Crippen LogP contribution in [0.2, 0.25) is 0 Å². The highest BCUT2D eigenvalue weighted by Crippen LogP contribution is 2.22. The lowest BCUT2D eigenvalue weighted by atomic mass is 10.2. The smallest absolute Gasteiger partial charge is 0.330 e. The van der Waals surface area contributed by atoms with E-state index in [0.717, 1.165) is 129 Å². The van der Waals surface area contributed by atoms with Gasteiger partial charge in [-0.3, -0.25) is 0 Å². The quantitative estimate of drug-likeness (QED) is 0.0988. The Balaban J connectivity index is 4.74. The SMILES string of the molecule is NCCCCCCOC(OCCCCCCN)(OCCCCCCN)OCCCCCCN. The Morgan fingerprint density at radius 2 is 0.515 bits per heavy atom. The van der Waals surface area contributed by atoms with Crippen LogP contribution in [0.15, 0.2) is 0 Å². The predicted octanol–water partition coefficient (Wildman–Crippen LogP) is 3.74. The molecule has 0 heterocycles. The summed E-state index contributed by atoms with van der Waals surface area (Å²) in [4.78, 5) is 0. The number of ether oxygens (including phenoxy) is 4. The number of rotatable bonds is 28. The van der Waals surface area contributed by atoms with E-state index >= 15 is 0 Å². The summed E-state index contributed by atoms with van der Waals surface area (Å²) >= 11 is 0. The van der Waals surface area contributed by atoms with Crippen LogP contribution in [0.5, 0.6) is 0 Å². The summed E-state index contributed by atoms with van der Waals surface area (Å²) in [7, 11) is 0. The Bertz CT molecular complexity index is 309. The fourth-order valence-electron chi connectivity index (χ4n) is 3.44. The third-order valence-corrected chi connectivity index (χ3v) is 5.51. The lowest BCUT2D eigenvalue weighted by Gasteiger charge is -2.32. The van der Waals surface area contributed by atoms with Gasteiger partial charge in [-0.2, -0.15) is 0 Å². The number of unbranched alkanes of at least 4 members (excludes halogenated alkanes) is 12. The van der Waals surface area contributed by atoms with Gasteiger partial charge in [0.1, 0.15) is 0 Å². The first-order chi connectivity index (χ1) is 16.2. The van der Waals surface area contributed by atoms with Crippen molar-refractivity contribution in [2.75, 3.05) is 52.6 Å². The topological polar surface area (TPSA) is 141 Å². The zero-order chi connectivity index (χ0) is 24.3. The van der Waals surface area contributed by atoms with E-state index in [1.165, 1.54) is 0 Å². The first kappa shape index (κ1) is 32.7. The second-order valence-corrected chi connectivity index (χ2v) is 8.71. The van der Waals surface area contributed by atoms with Gasteiger partial charge in [-0.05, 0) is 77.5 Å². The molecule has 33 heavy (non-hydrogen) atoms. The van der Waals surface area contributed by atoms with Crippen molar-refractivity contribution in [3.8, 4) is 0 Å². The first-order valence-electron chi connectivity index (χ1n) is 13.6. The van der Waals surface area contributed by atoms with E-state index in [1.54, 1.807) is 0 Å². The molecule has 0 aromatic rings. The van der Waals surface area contributed by atoms with Crippen molar-refractivity contribution in [1.29, 1.82) is 0 Å². The Kier molecular flexibility index (Phi) is 26.0. The standard InChI is InChI=1S/C25H56N4O4/c26-17-9-1-5-13-21-30-25(31-22-14-6-2-10-18-27,32-23-15-7-3-11-19-28)33-24-16-8-4-12-20-29/h1-24,26-29H2. The molecule has 0 aromatic heterocycles. The zero-order valence-corrected chi connectivity index (χ0v) is 21.4. The lowest BCUT2D eigenvalue weighted by molar-refractivity contribution is -0.499. The molecule has 0 fully saturated rings. The van der Waals surface area contributed by atoms with Gasteiger partial charge in [-0.25, -0.2) is 0 Å². The van der Waals surface area contributed by atoms with Crippen LogP contribution in [0.4, 0.5) is 0 Å². The maximum absolute atomic E-state index is 6.14. The minimum absolute atomic E-state index is 0.540. The Labute approximate surface area is 203 Å². The molecule has 0 bridgehead atoms. The van der Waals surface area contributed by atoms with Crippen molar-refractivity contribution >= 4 is 0 Å². The van der Waals surface area contributed by atoms with Gasteiger partial charge in [0.2, 0.25) is 0 Å². The highest BCUT2D eigenvalue weighted by molar-refractivity contribution is 4.53. The van der Waals surface area contributed by atoms with Gasteiger partial charge in [-0.1, -0.05) is 51.4 Å². The van der Waals surface area contributed by atoms with Crippen LogP contribution < -0.4 is 22.9 Å². The van der Waals surface area contributed by atoms with Crippen LogP contribution in [0.1, 0.15) is 103 Å². The molecule has 0 aliphatic rings. The molecule has 0 radical (unpaired) electrons. The van der Waals surface area contributed by atoms with Gasteiger partial charge < -0.3 is 41.9 Å². The van der Waals surface area contributed by atoms with Crippen molar-refractivity contribution < 1.29 is 18.9 Å². The van der Waals surface area contributed by atoms with Crippen LogP contribution in [-0.2, 0) is 18.9 Å². The van der Waals surface area contributed by atoms with Crippen molar-refractivity contribution in [1.82, 2.24) is 0 Å². The normalized spacial score (nSPS) is 12.0. The van der Waals surface area contributed by atoms with Crippen LogP contribution in [0.3, 0.4) is 0 Å². The molecular formula is C25H56N4O4. The molecule has 0 atom stereocenters. The number of hydrogen-bond donors (Lipinski definition) is 4. The van der Waals surface area contributed by atoms with Gasteiger partial charge in [0.05, 0.1) is 26.4 Å². The molecule has 8 heteroatoms. The third-order valence-electron chi connectivity index (χ3n) is 5.51. The summed E-state index contributed by atoms with van der Waals surface area (Å²) in [5.41, 5.74) is 22.4. The molecule has 0 saturated heterocycles. The van der Waals surface area contributed by atoms with Crippen LogP contribution in [-0.4, -0.2) is 58.8 Å². The molecule has 8 nitrogen and oxygen atoms in total. The summed E-state index contributed by atoms with van der Waals surface area (Å²) in [5.74, 6) is 0. The summed E-state index contributed by atoms with van der Waals surface area (Å²) < 4.78 is 24.5. The predicted molar refractivity (Wildman–Crippen MR) is 137 cm³/mol. The van der Waals surface area contributed by atoms with Gasteiger partial charge in [0.25, 0.3) is 0 Å². The molecule has 200 valence electrons. The van der Waals surface area contributed by atoms with Crippen molar-refractivity contribution in [2.24, 2.45) is 22.9 Å². The molecule has 0 saturated carbocycles. The van der Waals surface area contributed by atoms with Crippen LogP contribution in [0.25, 0.3) is 0 Å². The fraction of sp³-hybridized carbons (Fsp3) is 1.00. The monoisotopic (exact) mass is 476 g/mol. The van der Waals surface area contributed by atoms with Crippen molar-refractivity contribution in [3.05, 3.63) is 0 Å². The zero-order valence-electron chi connectivity index (χ0n) is 21.4. The van der Waals surface area contributed by atoms with Crippen LogP contribution in [0, 0.1) is 0 Å². The maximum atomic E-state index is 6.14. The molecule has 0 aromatic carbocycles. The molecule has 8 N–H and O–H groups in total. The molecule has 0 unspecified atom stereocenters. The summed E-state index contributed by atoms with van der Waals surface area (Å²) in [6, 6.07) is 0. The molecule has 0 rings (SSSR count). The van der Waals surface area contributed by atoms with E-state index in [0.29, 0.717) is 26.4 Å². The average molecular weight is 477 g/mol. The first-order valence-corrected chi connectivity index (χ1v) is 13.6. The largest absolute Gasteiger partial charge is 0.412 e. The Morgan fingerprint density at radius 1 is 0.303 bits per heavy atom. The fourth-order valence-corrected chi connectivity index (χ4v) is 3.44. The Hall–Kier alpha value is -0.320. The second kappa shape index (κ2) is 26.3. The van der Waals surface area contributed by atoms with Crippen molar-refractivity contribution in [2.45, 2.75) is 109 Å². The molecular weight excluding hydrogens is 420 g/mol. The van der Waals surface area contributed by atoms with E-state index in [9.17, 15) is 0 Å². The lowest BCUT2D eigenvalue weighted by Crippen LogP contribution is -2.43. The Morgan fingerprint density at radius 3 is 0.727 bits per heavy atom. The maximum Gasteiger partial charge on any atom is 0.412 e. The van der Waals surface area contributed by atoms with E-state index in [1.807, 2.05) is 0 Å². The summed E-state index contributed by atoms with van der Waals surface area (Å²) in [5, 5.41) is 0. The average Bonchev–Trinajstić information content (AvgIpc) is 2.83. The van der Waals surface area contributed by atoms with Gasteiger partial charge >= 0.3 is 6.16 Å². The van der Waals surface area contributed by atoms with Crippen molar-refractivity contribution in [3.63, 3.8) is 0 Å². The molecule has 0 spiro atoms. The van der Waals surface area contributed by atoms with Gasteiger partial charge in [0, 0.05) is 0 Å². The second-order valence-electron chi connectivity index (χ2n) is 8.71. The third kappa shape index (κ3) is 21.9. The van der Waals surface area contributed by atoms with Crippen LogP contribution >= 0.6 is 0 Å². The highest BCUT2D eigenvalue weighted by atomic mass is 17.0. The highest BCUT2D eigenvalue weighted by Gasteiger charge is 2.35. The van der Waals surface area contributed by atoms with E-state index in [-0.39, 0.29) is 0 Å². The number of nitrogens with two attached hydrogens (primary N) is 4.